The molecule has 0 saturated carbocycles. The van der Waals surface area contributed by atoms with Gasteiger partial charge in [0.15, 0.2) is 5.78 Å². The van der Waals surface area contributed by atoms with Gasteiger partial charge in [0.25, 0.3) is 0 Å². The second-order valence-electron chi connectivity index (χ2n) is 4.88. The highest BCUT2D eigenvalue weighted by molar-refractivity contribution is 5.95. The number of benzene rings is 1. The molecule has 1 heteroatoms. The molecular weight excluding hydrogens is 208 g/mol. The van der Waals surface area contributed by atoms with Crippen LogP contribution < -0.4 is 0 Å². The smallest absolute Gasteiger partial charge is 0.161 e. The molecule has 0 aliphatic heterocycles. The van der Waals surface area contributed by atoms with E-state index in [0.717, 1.165) is 19.3 Å². The minimum Gasteiger partial charge on any atom is -0.294 e. The van der Waals surface area contributed by atoms with Gasteiger partial charge >= 0.3 is 0 Å². The van der Waals surface area contributed by atoms with Gasteiger partial charge < -0.3 is 0 Å². The molecule has 0 bridgehead atoms. The van der Waals surface area contributed by atoms with Gasteiger partial charge in [0.1, 0.15) is 0 Å². The Morgan fingerprint density at radius 2 is 2.06 bits per heavy atom. The summed E-state index contributed by atoms with van der Waals surface area (Å²) in [4.78, 5) is 11.8. The zero-order valence-corrected chi connectivity index (χ0v) is 10.2. The van der Waals surface area contributed by atoms with Gasteiger partial charge in [0.2, 0.25) is 0 Å². The van der Waals surface area contributed by atoms with E-state index in [-0.39, 0.29) is 11.2 Å². The molecule has 0 aromatic heterocycles. The summed E-state index contributed by atoms with van der Waals surface area (Å²) in [5.74, 6) is 0.265. The zero-order chi connectivity index (χ0) is 12.1. The van der Waals surface area contributed by atoms with Crippen molar-refractivity contribution in [2.24, 2.45) is 5.41 Å². The van der Waals surface area contributed by atoms with Crippen molar-refractivity contribution >= 4 is 11.9 Å². The highest BCUT2D eigenvalue weighted by atomic mass is 16.1. The first kappa shape index (κ1) is 11.8. The van der Waals surface area contributed by atoms with Gasteiger partial charge in [0, 0.05) is 5.41 Å². The molecule has 1 atom stereocenters. The molecule has 2 rings (SSSR count). The third kappa shape index (κ3) is 2.94. The summed E-state index contributed by atoms with van der Waals surface area (Å²) < 4.78 is 0. The molecule has 0 N–H and O–H groups in total. The van der Waals surface area contributed by atoms with Crippen LogP contribution in [0.4, 0.5) is 0 Å². The van der Waals surface area contributed by atoms with Crippen molar-refractivity contribution in [3.8, 4) is 0 Å². The Hall–Kier alpha value is -1.63. The monoisotopic (exact) mass is 226 g/mol. The maximum Gasteiger partial charge on any atom is 0.161 e. The van der Waals surface area contributed by atoms with Gasteiger partial charge in [0.05, 0.1) is 0 Å². The Kier molecular flexibility index (Phi) is 3.58. The van der Waals surface area contributed by atoms with Crippen molar-refractivity contribution < 1.29 is 4.79 Å². The minimum atomic E-state index is -0.194. The predicted molar refractivity (Wildman–Crippen MR) is 71.6 cm³/mol. The van der Waals surface area contributed by atoms with E-state index in [4.69, 9.17) is 0 Å². The summed E-state index contributed by atoms with van der Waals surface area (Å²) in [6.45, 7) is 2.06. The van der Waals surface area contributed by atoms with Crippen LogP contribution in [0.25, 0.3) is 6.08 Å². The van der Waals surface area contributed by atoms with E-state index in [9.17, 15) is 4.79 Å². The number of hydrogen-bond acceptors (Lipinski definition) is 1. The highest BCUT2D eigenvalue weighted by Gasteiger charge is 2.31. The van der Waals surface area contributed by atoms with Crippen LogP contribution in [0.15, 0.2) is 48.6 Å². The van der Waals surface area contributed by atoms with Gasteiger partial charge in [-0.15, -0.1) is 0 Å². The van der Waals surface area contributed by atoms with Gasteiger partial charge in [-0.1, -0.05) is 55.5 Å². The second kappa shape index (κ2) is 5.13. The quantitative estimate of drug-likeness (QED) is 0.761. The van der Waals surface area contributed by atoms with E-state index in [1.807, 2.05) is 24.3 Å². The first-order valence-electron chi connectivity index (χ1n) is 6.13. The molecule has 0 radical (unpaired) electrons. The van der Waals surface area contributed by atoms with Crippen LogP contribution in [0.3, 0.4) is 0 Å². The lowest BCUT2D eigenvalue weighted by Crippen LogP contribution is -2.27. The lowest BCUT2D eigenvalue weighted by molar-refractivity contribution is -0.123. The van der Waals surface area contributed by atoms with Crippen LogP contribution in [-0.4, -0.2) is 5.78 Å². The van der Waals surface area contributed by atoms with Crippen LogP contribution in [0.2, 0.25) is 0 Å². The van der Waals surface area contributed by atoms with E-state index in [1.165, 1.54) is 5.56 Å². The lowest BCUT2D eigenvalue weighted by atomic mass is 9.75. The van der Waals surface area contributed by atoms with Crippen molar-refractivity contribution in [1.82, 2.24) is 0 Å². The van der Waals surface area contributed by atoms with Crippen LogP contribution in [0.1, 0.15) is 31.7 Å². The summed E-state index contributed by atoms with van der Waals surface area (Å²) in [5, 5.41) is 0. The molecule has 0 heterocycles. The number of rotatable bonds is 3. The number of carbonyl (C=O) groups excluding carboxylic acids is 1. The Bertz CT molecular complexity index is 442. The highest BCUT2D eigenvalue weighted by Crippen LogP contribution is 2.33. The topological polar surface area (TPSA) is 17.1 Å². The largest absolute Gasteiger partial charge is 0.294 e. The Morgan fingerprint density at radius 1 is 1.29 bits per heavy atom. The van der Waals surface area contributed by atoms with Gasteiger partial charge in [-0.3, -0.25) is 4.79 Å². The first-order chi connectivity index (χ1) is 8.21. The molecule has 0 amide bonds. The average molecular weight is 226 g/mol. The van der Waals surface area contributed by atoms with Crippen LogP contribution in [0, 0.1) is 5.41 Å². The Balaban J connectivity index is 2.00. The summed E-state index contributed by atoms with van der Waals surface area (Å²) in [5.41, 5.74) is 0.995. The fourth-order valence-electron chi connectivity index (χ4n) is 2.14. The number of ketones is 1. The van der Waals surface area contributed by atoms with Crippen LogP contribution in [-0.2, 0) is 4.79 Å². The van der Waals surface area contributed by atoms with Crippen LogP contribution in [0.5, 0.6) is 0 Å². The summed E-state index contributed by atoms with van der Waals surface area (Å²) >= 11 is 0. The molecule has 0 saturated heterocycles. The third-order valence-electron chi connectivity index (χ3n) is 3.41. The zero-order valence-electron chi connectivity index (χ0n) is 10.2. The average Bonchev–Trinajstić information content (AvgIpc) is 2.35. The Morgan fingerprint density at radius 3 is 2.76 bits per heavy atom. The SMILES string of the molecule is CC1(C/C=C/c2ccccc2)CCC=CC1=O. The molecule has 0 spiro atoms. The van der Waals surface area contributed by atoms with Crippen LogP contribution >= 0.6 is 0 Å². The van der Waals surface area contributed by atoms with E-state index in [1.54, 1.807) is 6.08 Å². The standard InChI is InChI=1S/C16H18O/c1-16(12-6-5-11-15(16)17)13-7-10-14-8-3-2-4-9-14/h2-5,7-11H,6,12-13H2,1H3/b10-7+. The molecule has 1 aliphatic carbocycles. The summed E-state index contributed by atoms with van der Waals surface area (Å²) in [7, 11) is 0. The van der Waals surface area contributed by atoms with Crippen molar-refractivity contribution in [2.75, 3.05) is 0 Å². The molecule has 1 aromatic rings. The molecule has 17 heavy (non-hydrogen) atoms. The fraction of sp³-hybridized carbons (Fsp3) is 0.312. The summed E-state index contributed by atoms with van der Waals surface area (Å²) in [6.07, 6.45) is 10.7. The second-order valence-corrected chi connectivity index (χ2v) is 4.88. The number of carbonyl (C=O) groups is 1. The normalized spacial score (nSPS) is 24.4. The van der Waals surface area contributed by atoms with Crippen molar-refractivity contribution in [3.05, 3.63) is 54.1 Å². The summed E-state index contributed by atoms with van der Waals surface area (Å²) in [6, 6.07) is 10.2. The predicted octanol–water partition coefficient (Wildman–Crippen LogP) is 4.02. The number of hydrogen-bond donors (Lipinski definition) is 0. The molecule has 0 fully saturated rings. The van der Waals surface area contributed by atoms with Gasteiger partial charge in [-0.25, -0.2) is 0 Å². The molecule has 1 aliphatic rings. The van der Waals surface area contributed by atoms with Gasteiger partial charge in [-0.2, -0.15) is 0 Å². The van der Waals surface area contributed by atoms with Crippen molar-refractivity contribution in [2.45, 2.75) is 26.2 Å². The van der Waals surface area contributed by atoms with Crippen molar-refractivity contribution in [1.29, 1.82) is 0 Å². The maximum absolute atomic E-state index is 11.8. The minimum absolute atomic E-state index is 0.194. The fourth-order valence-corrected chi connectivity index (χ4v) is 2.14. The van der Waals surface area contributed by atoms with Gasteiger partial charge in [-0.05, 0) is 30.9 Å². The van der Waals surface area contributed by atoms with E-state index < -0.39 is 0 Å². The van der Waals surface area contributed by atoms with E-state index in [0.29, 0.717) is 0 Å². The Labute approximate surface area is 103 Å². The molecule has 1 aromatic carbocycles. The third-order valence-corrected chi connectivity index (χ3v) is 3.41. The maximum atomic E-state index is 11.8. The molecule has 1 unspecified atom stereocenters. The molecule has 88 valence electrons. The first-order valence-corrected chi connectivity index (χ1v) is 6.13. The molecule has 1 nitrogen and oxygen atoms in total. The molecular formula is C16H18O. The van der Waals surface area contributed by atoms with E-state index >= 15 is 0 Å². The lowest BCUT2D eigenvalue weighted by Gasteiger charge is -2.27. The van der Waals surface area contributed by atoms with Crippen molar-refractivity contribution in [3.63, 3.8) is 0 Å². The number of allylic oxidation sites excluding steroid dienone is 3. The van der Waals surface area contributed by atoms with E-state index in [2.05, 4.69) is 31.2 Å².